The zero-order valence-corrected chi connectivity index (χ0v) is 11.4. The van der Waals surface area contributed by atoms with E-state index < -0.39 is 23.8 Å². The molecule has 1 aromatic carbocycles. The third-order valence-corrected chi connectivity index (χ3v) is 3.57. The van der Waals surface area contributed by atoms with E-state index in [9.17, 15) is 23.1 Å². The molecular formula is C14H17F3N2O2. The van der Waals surface area contributed by atoms with E-state index in [0.717, 1.165) is 12.5 Å². The summed E-state index contributed by atoms with van der Waals surface area (Å²) in [5.74, 6) is -0.888. The number of nitrogens with two attached hydrogens (primary N) is 1. The molecule has 1 fully saturated rings. The summed E-state index contributed by atoms with van der Waals surface area (Å²) in [4.78, 5) is 12.8. The minimum atomic E-state index is -4.55. The predicted octanol–water partition coefficient (Wildman–Crippen LogP) is 1.76. The summed E-state index contributed by atoms with van der Waals surface area (Å²) in [6, 6.07) is 3.37. The van der Waals surface area contributed by atoms with E-state index in [1.54, 1.807) is 4.90 Å². The number of hydrogen-bond donors (Lipinski definition) is 2. The monoisotopic (exact) mass is 302 g/mol. The number of piperidine rings is 1. The molecule has 0 saturated carbocycles. The summed E-state index contributed by atoms with van der Waals surface area (Å²) in [7, 11) is 0. The molecule has 2 rings (SSSR count). The van der Waals surface area contributed by atoms with Crippen LogP contribution in [0.4, 0.5) is 13.2 Å². The number of rotatable bonds is 3. The van der Waals surface area contributed by atoms with E-state index in [-0.39, 0.29) is 17.7 Å². The summed E-state index contributed by atoms with van der Waals surface area (Å²) < 4.78 is 39.3. The highest BCUT2D eigenvalue weighted by molar-refractivity contribution is 5.93. The lowest BCUT2D eigenvalue weighted by atomic mass is 10.0. The highest BCUT2D eigenvalue weighted by atomic mass is 19.4. The fourth-order valence-corrected chi connectivity index (χ4v) is 2.55. The fraction of sp³-hybridized carbons (Fsp3) is 0.500. The Labute approximate surface area is 120 Å². The highest BCUT2D eigenvalue weighted by Crippen LogP contribution is 2.33. The van der Waals surface area contributed by atoms with Gasteiger partial charge in [-0.3, -0.25) is 9.69 Å². The molecular weight excluding hydrogens is 285 g/mol. The fourth-order valence-electron chi connectivity index (χ4n) is 2.55. The second kappa shape index (κ2) is 6.03. The summed E-state index contributed by atoms with van der Waals surface area (Å²) >= 11 is 0. The summed E-state index contributed by atoms with van der Waals surface area (Å²) in [5.41, 5.74) is 4.10. The van der Waals surface area contributed by atoms with Gasteiger partial charge in [0.25, 0.3) is 0 Å². The second-order valence-corrected chi connectivity index (χ2v) is 5.27. The predicted molar refractivity (Wildman–Crippen MR) is 70.5 cm³/mol. The molecule has 1 aliphatic rings. The number of alkyl halides is 3. The van der Waals surface area contributed by atoms with Gasteiger partial charge >= 0.3 is 6.18 Å². The van der Waals surface area contributed by atoms with E-state index >= 15 is 0 Å². The molecule has 7 heteroatoms. The maximum atomic E-state index is 13.1. The minimum absolute atomic E-state index is 0.0848. The standard InChI is InChI=1S/C14H17F3N2O2/c15-14(16,17)12-6-9(13(18)21)3-4-10(12)7-19-5-1-2-11(20)8-19/h3-4,6,11,20H,1-2,5,7-8H2,(H2,18,21)/t11-/m1/s1. The number of primary amides is 1. The van der Waals surface area contributed by atoms with Crippen LogP contribution in [0.25, 0.3) is 0 Å². The number of benzene rings is 1. The number of β-amino-alcohol motifs (C(OH)–C–C–N with tert-alkyl or cyclic N) is 1. The van der Waals surface area contributed by atoms with Crippen LogP contribution >= 0.6 is 0 Å². The van der Waals surface area contributed by atoms with Crippen LogP contribution < -0.4 is 5.73 Å². The number of halogens is 3. The molecule has 116 valence electrons. The first-order valence-corrected chi connectivity index (χ1v) is 6.67. The number of amides is 1. The van der Waals surface area contributed by atoms with Gasteiger partial charge < -0.3 is 10.8 Å². The number of carbonyl (C=O) groups is 1. The van der Waals surface area contributed by atoms with Crippen LogP contribution in [-0.4, -0.2) is 35.1 Å². The van der Waals surface area contributed by atoms with Crippen LogP contribution in [0.3, 0.4) is 0 Å². The van der Waals surface area contributed by atoms with Gasteiger partial charge in [0.15, 0.2) is 0 Å². The summed E-state index contributed by atoms with van der Waals surface area (Å²) in [5, 5.41) is 9.58. The normalized spacial score (nSPS) is 20.5. The van der Waals surface area contributed by atoms with Crippen LogP contribution in [0, 0.1) is 0 Å². The minimum Gasteiger partial charge on any atom is -0.392 e. The molecule has 1 aliphatic heterocycles. The maximum absolute atomic E-state index is 13.1. The van der Waals surface area contributed by atoms with E-state index in [1.165, 1.54) is 12.1 Å². The molecule has 0 aliphatic carbocycles. The van der Waals surface area contributed by atoms with Crippen molar-refractivity contribution in [1.29, 1.82) is 0 Å². The van der Waals surface area contributed by atoms with Crippen LogP contribution in [0.2, 0.25) is 0 Å². The van der Waals surface area contributed by atoms with Crippen molar-refractivity contribution in [2.24, 2.45) is 5.73 Å². The van der Waals surface area contributed by atoms with Crippen molar-refractivity contribution in [3.8, 4) is 0 Å². The van der Waals surface area contributed by atoms with Gasteiger partial charge in [0, 0.05) is 18.7 Å². The number of carbonyl (C=O) groups excluding carboxylic acids is 1. The zero-order chi connectivity index (χ0) is 15.6. The van der Waals surface area contributed by atoms with Crippen LogP contribution in [-0.2, 0) is 12.7 Å². The van der Waals surface area contributed by atoms with Crippen molar-refractivity contribution < 1.29 is 23.1 Å². The average Bonchev–Trinajstić information content (AvgIpc) is 2.37. The molecule has 0 bridgehead atoms. The van der Waals surface area contributed by atoms with E-state index in [0.29, 0.717) is 19.5 Å². The van der Waals surface area contributed by atoms with Gasteiger partial charge in [-0.05, 0) is 37.1 Å². The smallest absolute Gasteiger partial charge is 0.392 e. The number of aliphatic hydroxyl groups excluding tert-OH is 1. The molecule has 1 saturated heterocycles. The lowest BCUT2D eigenvalue weighted by Crippen LogP contribution is -2.38. The Bertz CT molecular complexity index is 531. The largest absolute Gasteiger partial charge is 0.416 e. The van der Waals surface area contributed by atoms with Gasteiger partial charge in [-0.1, -0.05) is 6.07 Å². The van der Waals surface area contributed by atoms with Gasteiger partial charge in [0.05, 0.1) is 11.7 Å². The Morgan fingerprint density at radius 1 is 1.43 bits per heavy atom. The molecule has 1 amide bonds. The number of aliphatic hydroxyl groups is 1. The molecule has 1 heterocycles. The number of nitrogens with zero attached hydrogens (tertiary/aromatic N) is 1. The maximum Gasteiger partial charge on any atom is 0.416 e. The molecule has 21 heavy (non-hydrogen) atoms. The number of hydrogen-bond acceptors (Lipinski definition) is 3. The van der Waals surface area contributed by atoms with Crippen molar-refractivity contribution in [2.45, 2.75) is 31.7 Å². The molecule has 0 unspecified atom stereocenters. The van der Waals surface area contributed by atoms with Crippen molar-refractivity contribution >= 4 is 5.91 Å². The van der Waals surface area contributed by atoms with E-state index in [2.05, 4.69) is 0 Å². The number of likely N-dealkylation sites (tertiary alicyclic amines) is 1. The van der Waals surface area contributed by atoms with Gasteiger partial charge in [0.1, 0.15) is 0 Å². The Balaban J connectivity index is 2.27. The first-order chi connectivity index (χ1) is 9.77. The van der Waals surface area contributed by atoms with Gasteiger partial charge in [-0.25, -0.2) is 0 Å². The quantitative estimate of drug-likeness (QED) is 0.894. The van der Waals surface area contributed by atoms with Crippen molar-refractivity contribution in [2.75, 3.05) is 13.1 Å². The first-order valence-electron chi connectivity index (χ1n) is 6.67. The SMILES string of the molecule is NC(=O)c1ccc(CN2CCC[C@@H](O)C2)c(C(F)(F)F)c1. The van der Waals surface area contributed by atoms with Crippen LogP contribution in [0.5, 0.6) is 0 Å². The van der Waals surface area contributed by atoms with Gasteiger partial charge in [-0.15, -0.1) is 0 Å². The summed E-state index contributed by atoms with van der Waals surface area (Å²) in [6.07, 6.45) is -3.63. The Hall–Kier alpha value is -1.60. The van der Waals surface area contributed by atoms with Crippen LogP contribution in [0.15, 0.2) is 18.2 Å². The average molecular weight is 302 g/mol. The van der Waals surface area contributed by atoms with Gasteiger partial charge in [0.2, 0.25) is 5.91 Å². The third-order valence-electron chi connectivity index (χ3n) is 3.57. The molecule has 0 radical (unpaired) electrons. The summed E-state index contributed by atoms with van der Waals surface area (Å²) in [6.45, 7) is 1.09. The highest BCUT2D eigenvalue weighted by Gasteiger charge is 2.34. The molecule has 4 nitrogen and oxygen atoms in total. The Morgan fingerprint density at radius 2 is 2.14 bits per heavy atom. The van der Waals surface area contributed by atoms with E-state index in [1.807, 2.05) is 0 Å². The third kappa shape index (κ3) is 3.95. The van der Waals surface area contributed by atoms with Crippen LogP contribution in [0.1, 0.15) is 34.3 Å². The Kier molecular flexibility index (Phi) is 4.53. The van der Waals surface area contributed by atoms with Gasteiger partial charge in [-0.2, -0.15) is 13.2 Å². The lowest BCUT2D eigenvalue weighted by molar-refractivity contribution is -0.138. The van der Waals surface area contributed by atoms with Crippen molar-refractivity contribution in [3.63, 3.8) is 0 Å². The molecule has 1 atom stereocenters. The first kappa shape index (κ1) is 15.8. The molecule has 3 N–H and O–H groups in total. The topological polar surface area (TPSA) is 66.6 Å². The molecule has 0 spiro atoms. The lowest BCUT2D eigenvalue weighted by Gasteiger charge is -2.30. The molecule has 0 aromatic heterocycles. The second-order valence-electron chi connectivity index (χ2n) is 5.27. The van der Waals surface area contributed by atoms with Crippen molar-refractivity contribution in [3.05, 3.63) is 34.9 Å². The molecule has 1 aromatic rings. The van der Waals surface area contributed by atoms with E-state index in [4.69, 9.17) is 5.73 Å². The zero-order valence-electron chi connectivity index (χ0n) is 11.4. The Morgan fingerprint density at radius 3 is 2.71 bits per heavy atom. The van der Waals surface area contributed by atoms with Crippen molar-refractivity contribution in [1.82, 2.24) is 4.90 Å².